The molecule has 3 aromatic rings. The number of rotatable bonds is 11. The van der Waals surface area contributed by atoms with Crippen molar-refractivity contribution in [2.45, 2.75) is 51.6 Å². The maximum Gasteiger partial charge on any atom is 0.264 e. The summed E-state index contributed by atoms with van der Waals surface area (Å²) in [5.41, 5.74) is 3.04. The van der Waals surface area contributed by atoms with Gasteiger partial charge in [-0.3, -0.25) is 13.9 Å². The number of nitrogens with zero attached hydrogens (tertiary/aromatic N) is 2. The van der Waals surface area contributed by atoms with Crippen LogP contribution < -0.4 is 9.62 Å². The van der Waals surface area contributed by atoms with E-state index in [4.69, 9.17) is 11.6 Å². The Labute approximate surface area is 230 Å². The van der Waals surface area contributed by atoms with Crippen LogP contribution in [0.15, 0.2) is 77.7 Å². The predicted molar refractivity (Wildman–Crippen MR) is 152 cm³/mol. The number of carbonyl (C=O) groups excluding carboxylic acids is 2. The molecule has 3 aromatic carbocycles. The minimum atomic E-state index is -4.08. The first-order valence-electron chi connectivity index (χ1n) is 12.5. The molecule has 2 amide bonds. The highest BCUT2D eigenvalue weighted by Crippen LogP contribution is 2.26. The minimum Gasteiger partial charge on any atom is -0.354 e. The van der Waals surface area contributed by atoms with Crippen molar-refractivity contribution in [1.29, 1.82) is 0 Å². The minimum absolute atomic E-state index is 0.0732. The fourth-order valence-corrected chi connectivity index (χ4v) is 5.45. The Morgan fingerprint density at radius 3 is 2.21 bits per heavy atom. The molecule has 0 aromatic heterocycles. The lowest BCUT2D eigenvalue weighted by Crippen LogP contribution is -2.51. The first-order valence-corrected chi connectivity index (χ1v) is 14.3. The fourth-order valence-electron chi connectivity index (χ4n) is 3.89. The van der Waals surface area contributed by atoms with E-state index in [9.17, 15) is 18.0 Å². The van der Waals surface area contributed by atoms with Gasteiger partial charge in [0.2, 0.25) is 11.8 Å². The number of anilines is 1. The van der Waals surface area contributed by atoms with Gasteiger partial charge in [-0.25, -0.2) is 8.42 Å². The second-order valence-electron chi connectivity index (χ2n) is 9.21. The summed E-state index contributed by atoms with van der Waals surface area (Å²) in [6.07, 6.45) is 0.749. The van der Waals surface area contributed by atoms with Gasteiger partial charge in [0.15, 0.2) is 0 Å². The van der Waals surface area contributed by atoms with Crippen LogP contribution in [0.5, 0.6) is 0 Å². The number of sulfonamides is 1. The van der Waals surface area contributed by atoms with Gasteiger partial charge in [-0.05, 0) is 80.3 Å². The normalized spacial score (nSPS) is 12.0. The Balaban J connectivity index is 2.02. The van der Waals surface area contributed by atoms with E-state index in [1.165, 1.54) is 17.0 Å². The molecule has 0 aliphatic rings. The van der Waals surface area contributed by atoms with E-state index in [1.807, 2.05) is 26.8 Å². The molecule has 0 saturated heterocycles. The zero-order valence-corrected chi connectivity index (χ0v) is 23.7. The lowest BCUT2D eigenvalue weighted by atomic mass is 10.1. The van der Waals surface area contributed by atoms with Crippen molar-refractivity contribution in [1.82, 2.24) is 10.2 Å². The van der Waals surface area contributed by atoms with Crippen molar-refractivity contribution in [3.05, 3.63) is 94.5 Å². The Hall–Kier alpha value is -3.36. The standard InChI is InChI=1S/C29H34ClN3O4S/c1-5-17-31-29(35)23(4)32(19-24-12-14-25(30)15-13-24)28(34)20-33(26-16-11-21(2)22(3)18-26)38(36,37)27-9-7-6-8-10-27/h6-16,18,23H,5,17,19-20H2,1-4H3,(H,31,35). The third kappa shape index (κ3) is 7.14. The summed E-state index contributed by atoms with van der Waals surface area (Å²) in [7, 11) is -4.08. The van der Waals surface area contributed by atoms with Gasteiger partial charge in [-0.15, -0.1) is 0 Å². The number of aryl methyl sites for hydroxylation is 2. The van der Waals surface area contributed by atoms with E-state index in [0.29, 0.717) is 17.3 Å². The van der Waals surface area contributed by atoms with Crippen LogP contribution in [0.1, 0.15) is 37.0 Å². The molecule has 38 heavy (non-hydrogen) atoms. The summed E-state index contributed by atoms with van der Waals surface area (Å²) in [5.74, 6) is -0.811. The van der Waals surface area contributed by atoms with Crippen LogP contribution in [0.25, 0.3) is 0 Å². The average Bonchev–Trinajstić information content (AvgIpc) is 2.91. The van der Waals surface area contributed by atoms with Crippen molar-refractivity contribution in [3.63, 3.8) is 0 Å². The van der Waals surface area contributed by atoms with E-state index in [1.54, 1.807) is 61.5 Å². The molecule has 0 bridgehead atoms. The van der Waals surface area contributed by atoms with Gasteiger partial charge in [0, 0.05) is 18.1 Å². The zero-order chi connectivity index (χ0) is 27.9. The molecule has 202 valence electrons. The monoisotopic (exact) mass is 555 g/mol. The van der Waals surface area contributed by atoms with Gasteiger partial charge < -0.3 is 10.2 Å². The number of hydrogen-bond acceptors (Lipinski definition) is 4. The maximum atomic E-state index is 13.9. The molecular weight excluding hydrogens is 522 g/mol. The van der Waals surface area contributed by atoms with E-state index < -0.39 is 28.5 Å². The molecule has 0 aliphatic carbocycles. The summed E-state index contributed by atoms with van der Waals surface area (Å²) in [5, 5.41) is 3.38. The molecule has 1 atom stereocenters. The topological polar surface area (TPSA) is 86.8 Å². The Morgan fingerprint density at radius 1 is 0.947 bits per heavy atom. The van der Waals surface area contributed by atoms with E-state index in [0.717, 1.165) is 27.4 Å². The molecule has 1 unspecified atom stereocenters. The van der Waals surface area contributed by atoms with E-state index in [2.05, 4.69) is 5.32 Å². The average molecular weight is 556 g/mol. The second kappa shape index (κ2) is 12.9. The summed E-state index contributed by atoms with van der Waals surface area (Å²) in [4.78, 5) is 28.2. The number of carbonyl (C=O) groups is 2. The summed E-state index contributed by atoms with van der Waals surface area (Å²) >= 11 is 6.03. The quantitative estimate of drug-likeness (QED) is 0.357. The van der Waals surface area contributed by atoms with Crippen LogP contribution in [-0.4, -0.2) is 44.3 Å². The fraction of sp³-hybridized carbons (Fsp3) is 0.310. The van der Waals surface area contributed by atoms with Crippen LogP contribution in [0.4, 0.5) is 5.69 Å². The Kier molecular flexibility index (Phi) is 9.94. The van der Waals surface area contributed by atoms with E-state index >= 15 is 0 Å². The van der Waals surface area contributed by atoms with Gasteiger partial charge in [-0.1, -0.05) is 54.9 Å². The smallest absolute Gasteiger partial charge is 0.264 e. The van der Waals surface area contributed by atoms with Gasteiger partial charge in [0.05, 0.1) is 10.6 Å². The molecule has 0 spiro atoms. The first-order chi connectivity index (χ1) is 18.0. The molecule has 0 aliphatic heterocycles. The van der Waals surface area contributed by atoms with E-state index in [-0.39, 0.29) is 17.3 Å². The maximum absolute atomic E-state index is 13.9. The Bertz CT molecular complexity index is 1360. The predicted octanol–water partition coefficient (Wildman–Crippen LogP) is 5.10. The highest BCUT2D eigenvalue weighted by molar-refractivity contribution is 7.92. The number of halogens is 1. The van der Waals surface area contributed by atoms with Gasteiger partial charge in [0.1, 0.15) is 12.6 Å². The zero-order valence-electron chi connectivity index (χ0n) is 22.1. The summed E-state index contributed by atoms with van der Waals surface area (Å²) in [6, 6.07) is 19.4. The third-order valence-corrected chi connectivity index (χ3v) is 8.41. The molecule has 0 heterocycles. The van der Waals surface area contributed by atoms with Crippen molar-refractivity contribution < 1.29 is 18.0 Å². The lowest BCUT2D eigenvalue weighted by molar-refractivity contribution is -0.139. The number of amides is 2. The molecule has 7 nitrogen and oxygen atoms in total. The number of benzene rings is 3. The van der Waals surface area contributed by atoms with Crippen molar-refractivity contribution in [2.75, 3.05) is 17.4 Å². The Morgan fingerprint density at radius 2 is 1.61 bits per heavy atom. The number of nitrogens with one attached hydrogen (secondary N) is 1. The molecule has 0 saturated carbocycles. The number of hydrogen-bond donors (Lipinski definition) is 1. The van der Waals surface area contributed by atoms with Gasteiger partial charge in [-0.2, -0.15) is 0 Å². The van der Waals surface area contributed by atoms with Crippen molar-refractivity contribution in [3.8, 4) is 0 Å². The van der Waals surface area contributed by atoms with Crippen molar-refractivity contribution in [2.24, 2.45) is 0 Å². The summed E-state index contributed by atoms with van der Waals surface area (Å²) in [6.45, 7) is 7.53. The molecule has 9 heteroatoms. The van der Waals surface area contributed by atoms with Crippen LogP contribution in [0, 0.1) is 13.8 Å². The SMILES string of the molecule is CCCNC(=O)C(C)N(Cc1ccc(Cl)cc1)C(=O)CN(c1ccc(C)c(C)c1)S(=O)(=O)c1ccccc1. The van der Waals surface area contributed by atoms with Crippen molar-refractivity contribution >= 4 is 39.1 Å². The second-order valence-corrected chi connectivity index (χ2v) is 11.5. The lowest BCUT2D eigenvalue weighted by Gasteiger charge is -2.32. The van der Waals surface area contributed by atoms with Crippen LogP contribution in [0.3, 0.4) is 0 Å². The highest BCUT2D eigenvalue weighted by atomic mass is 35.5. The molecule has 1 N–H and O–H groups in total. The van der Waals surface area contributed by atoms with Crippen LogP contribution in [0.2, 0.25) is 5.02 Å². The molecule has 0 fully saturated rings. The van der Waals surface area contributed by atoms with Gasteiger partial charge >= 0.3 is 0 Å². The van der Waals surface area contributed by atoms with Gasteiger partial charge in [0.25, 0.3) is 10.0 Å². The molecular formula is C29H34ClN3O4S. The first kappa shape index (κ1) is 29.2. The molecule has 0 radical (unpaired) electrons. The van der Waals surface area contributed by atoms with Crippen LogP contribution in [-0.2, 0) is 26.2 Å². The van der Waals surface area contributed by atoms with Crippen LogP contribution >= 0.6 is 11.6 Å². The largest absolute Gasteiger partial charge is 0.354 e. The molecule has 3 rings (SSSR count). The summed E-state index contributed by atoms with van der Waals surface area (Å²) < 4.78 is 28.7. The highest BCUT2D eigenvalue weighted by Gasteiger charge is 2.32. The third-order valence-electron chi connectivity index (χ3n) is 6.37.